The maximum absolute atomic E-state index is 11.6. The van der Waals surface area contributed by atoms with Gasteiger partial charge in [0.2, 0.25) is 0 Å². The molecule has 1 aliphatic rings. The number of rotatable bonds is 9. The SMILES string of the molecule is CCNC(CC)(CCCN1CCN(C)C(CC)C1)C(=O)O. The number of aliphatic carboxylic acids is 1. The Morgan fingerprint density at radius 2 is 2.05 bits per heavy atom. The second-order valence-corrected chi connectivity index (χ2v) is 6.22. The van der Waals surface area contributed by atoms with E-state index in [2.05, 4.69) is 29.1 Å². The molecule has 5 heteroatoms. The van der Waals surface area contributed by atoms with Gasteiger partial charge in [-0.25, -0.2) is 0 Å². The van der Waals surface area contributed by atoms with E-state index in [1.54, 1.807) is 0 Å². The predicted octanol–water partition coefficient (Wildman–Crippen LogP) is 1.64. The van der Waals surface area contributed by atoms with Crippen LogP contribution in [0.3, 0.4) is 0 Å². The van der Waals surface area contributed by atoms with Gasteiger partial charge in [-0.15, -0.1) is 0 Å². The summed E-state index contributed by atoms with van der Waals surface area (Å²) in [5, 5.41) is 12.7. The molecule has 1 heterocycles. The molecule has 1 aliphatic heterocycles. The van der Waals surface area contributed by atoms with Crippen molar-refractivity contribution in [2.24, 2.45) is 0 Å². The molecule has 0 aromatic heterocycles. The van der Waals surface area contributed by atoms with Crippen LogP contribution in [0.5, 0.6) is 0 Å². The summed E-state index contributed by atoms with van der Waals surface area (Å²) in [6, 6.07) is 0.642. The lowest BCUT2D eigenvalue weighted by Gasteiger charge is -2.39. The molecule has 0 bridgehead atoms. The molecule has 0 radical (unpaired) electrons. The predicted molar refractivity (Wildman–Crippen MR) is 86.7 cm³/mol. The molecule has 1 fully saturated rings. The van der Waals surface area contributed by atoms with Crippen molar-refractivity contribution in [3.8, 4) is 0 Å². The summed E-state index contributed by atoms with van der Waals surface area (Å²) in [5.41, 5.74) is -0.745. The average molecular weight is 299 g/mol. The highest BCUT2D eigenvalue weighted by Gasteiger charge is 2.35. The Kier molecular flexibility index (Phi) is 7.63. The summed E-state index contributed by atoms with van der Waals surface area (Å²) in [6.07, 6.45) is 3.46. The molecule has 0 amide bonds. The number of nitrogens with one attached hydrogen (secondary N) is 1. The van der Waals surface area contributed by atoms with E-state index in [1.807, 2.05) is 13.8 Å². The number of piperazine rings is 1. The monoisotopic (exact) mass is 299 g/mol. The summed E-state index contributed by atoms with van der Waals surface area (Å²) < 4.78 is 0. The molecule has 0 aromatic rings. The first-order valence-corrected chi connectivity index (χ1v) is 8.40. The van der Waals surface area contributed by atoms with Gasteiger partial charge in [-0.3, -0.25) is 4.79 Å². The molecule has 5 nitrogen and oxygen atoms in total. The Morgan fingerprint density at radius 1 is 1.33 bits per heavy atom. The van der Waals surface area contributed by atoms with Gasteiger partial charge in [0.1, 0.15) is 5.54 Å². The molecule has 1 rings (SSSR count). The third-order valence-corrected chi connectivity index (χ3v) is 4.94. The standard InChI is InChI=1S/C16H33N3O2/c1-5-14-13-19(12-11-18(14)4)10-8-9-16(6-2,15(20)21)17-7-3/h14,17H,5-13H2,1-4H3,(H,20,21). The lowest BCUT2D eigenvalue weighted by Crippen LogP contribution is -2.53. The van der Waals surface area contributed by atoms with Gasteiger partial charge in [0.25, 0.3) is 0 Å². The molecule has 1 saturated heterocycles. The minimum atomic E-state index is -0.745. The Hall–Kier alpha value is -0.650. The minimum Gasteiger partial charge on any atom is -0.480 e. The number of nitrogens with zero attached hydrogens (tertiary/aromatic N) is 2. The van der Waals surface area contributed by atoms with E-state index < -0.39 is 11.5 Å². The van der Waals surface area contributed by atoms with Crippen molar-refractivity contribution in [1.82, 2.24) is 15.1 Å². The van der Waals surface area contributed by atoms with Crippen LogP contribution in [0.4, 0.5) is 0 Å². The minimum absolute atomic E-state index is 0.635. The van der Waals surface area contributed by atoms with Gasteiger partial charge < -0.3 is 20.2 Å². The number of carboxylic acids is 1. The lowest BCUT2D eigenvalue weighted by atomic mass is 9.90. The van der Waals surface area contributed by atoms with Crippen molar-refractivity contribution >= 4 is 5.97 Å². The van der Waals surface area contributed by atoms with Crippen LogP contribution in [0, 0.1) is 0 Å². The van der Waals surface area contributed by atoms with Crippen molar-refractivity contribution in [2.75, 3.05) is 39.8 Å². The summed E-state index contributed by atoms with van der Waals surface area (Å²) in [5.74, 6) is -0.711. The van der Waals surface area contributed by atoms with Gasteiger partial charge in [0, 0.05) is 25.7 Å². The fourth-order valence-electron chi connectivity index (χ4n) is 3.32. The van der Waals surface area contributed by atoms with Crippen LogP contribution in [0.25, 0.3) is 0 Å². The van der Waals surface area contributed by atoms with Crippen molar-refractivity contribution in [3.05, 3.63) is 0 Å². The van der Waals surface area contributed by atoms with Crippen LogP contribution in [-0.4, -0.2) is 72.2 Å². The highest BCUT2D eigenvalue weighted by Crippen LogP contribution is 2.19. The quantitative estimate of drug-likeness (QED) is 0.678. The number of hydrogen-bond donors (Lipinski definition) is 2. The zero-order valence-corrected chi connectivity index (χ0v) is 14.2. The molecule has 0 spiro atoms. The molecule has 124 valence electrons. The zero-order chi connectivity index (χ0) is 15.9. The smallest absolute Gasteiger partial charge is 0.323 e. The van der Waals surface area contributed by atoms with Gasteiger partial charge >= 0.3 is 5.97 Å². The molecule has 0 aromatic carbocycles. The van der Waals surface area contributed by atoms with E-state index >= 15 is 0 Å². The van der Waals surface area contributed by atoms with Gasteiger partial charge in [-0.05, 0) is 45.8 Å². The molecule has 2 unspecified atom stereocenters. The van der Waals surface area contributed by atoms with Crippen molar-refractivity contribution < 1.29 is 9.90 Å². The summed E-state index contributed by atoms with van der Waals surface area (Å²) in [7, 11) is 2.20. The lowest BCUT2D eigenvalue weighted by molar-refractivity contribution is -0.145. The van der Waals surface area contributed by atoms with Gasteiger partial charge in [0.15, 0.2) is 0 Å². The van der Waals surface area contributed by atoms with Gasteiger partial charge in [0.05, 0.1) is 0 Å². The first-order valence-electron chi connectivity index (χ1n) is 8.40. The van der Waals surface area contributed by atoms with Gasteiger partial charge in [-0.1, -0.05) is 20.8 Å². The van der Waals surface area contributed by atoms with E-state index in [-0.39, 0.29) is 0 Å². The van der Waals surface area contributed by atoms with Crippen molar-refractivity contribution in [3.63, 3.8) is 0 Å². The third kappa shape index (κ3) is 4.94. The number of likely N-dealkylation sites (N-methyl/N-ethyl adjacent to an activating group) is 2. The molecular formula is C16H33N3O2. The van der Waals surface area contributed by atoms with E-state index in [0.29, 0.717) is 25.4 Å². The van der Waals surface area contributed by atoms with Crippen LogP contribution in [-0.2, 0) is 4.79 Å². The van der Waals surface area contributed by atoms with E-state index in [0.717, 1.165) is 32.6 Å². The van der Waals surface area contributed by atoms with Crippen molar-refractivity contribution in [2.45, 2.75) is 58.0 Å². The molecule has 0 aliphatic carbocycles. The Bertz CT molecular complexity index is 325. The van der Waals surface area contributed by atoms with Gasteiger partial charge in [-0.2, -0.15) is 0 Å². The topological polar surface area (TPSA) is 55.8 Å². The highest BCUT2D eigenvalue weighted by atomic mass is 16.4. The normalized spacial score (nSPS) is 23.9. The Morgan fingerprint density at radius 3 is 2.57 bits per heavy atom. The van der Waals surface area contributed by atoms with Crippen LogP contribution in [0.15, 0.2) is 0 Å². The van der Waals surface area contributed by atoms with E-state index in [9.17, 15) is 9.90 Å². The maximum Gasteiger partial charge on any atom is 0.323 e. The summed E-state index contributed by atoms with van der Waals surface area (Å²) >= 11 is 0. The van der Waals surface area contributed by atoms with E-state index in [1.165, 1.54) is 6.42 Å². The molecular weight excluding hydrogens is 266 g/mol. The molecule has 2 atom stereocenters. The number of hydrogen-bond acceptors (Lipinski definition) is 4. The summed E-state index contributed by atoms with van der Waals surface area (Å²) in [4.78, 5) is 16.5. The van der Waals surface area contributed by atoms with Crippen LogP contribution < -0.4 is 5.32 Å². The Balaban J connectivity index is 2.45. The summed E-state index contributed by atoms with van der Waals surface area (Å²) in [6.45, 7) is 11.2. The average Bonchev–Trinajstić information content (AvgIpc) is 2.47. The van der Waals surface area contributed by atoms with Crippen LogP contribution in [0.1, 0.15) is 46.5 Å². The first-order chi connectivity index (χ1) is 9.99. The molecule has 0 saturated carbocycles. The Labute approximate surface area is 129 Å². The fourth-order valence-corrected chi connectivity index (χ4v) is 3.32. The molecule has 2 N–H and O–H groups in total. The van der Waals surface area contributed by atoms with E-state index in [4.69, 9.17) is 0 Å². The number of carboxylic acid groups (broad SMARTS) is 1. The highest BCUT2D eigenvalue weighted by molar-refractivity contribution is 5.78. The first kappa shape index (κ1) is 18.4. The number of carbonyl (C=O) groups is 1. The van der Waals surface area contributed by atoms with Crippen molar-refractivity contribution in [1.29, 1.82) is 0 Å². The fraction of sp³-hybridized carbons (Fsp3) is 0.938. The second kappa shape index (κ2) is 8.71. The third-order valence-electron chi connectivity index (χ3n) is 4.94. The maximum atomic E-state index is 11.6. The second-order valence-electron chi connectivity index (χ2n) is 6.22. The van der Waals surface area contributed by atoms with Crippen LogP contribution >= 0.6 is 0 Å². The van der Waals surface area contributed by atoms with Crippen LogP contribution in [0.2, 0.25) is 0 Å². The largest absolute Gasteiger partial charge is 0.480 e. The zero-order valence-electron chi connectivity index (χ0n) is 14.2. The molecule has 21 heavy (non-hydrogen) atoms.